The summed E-state index contributed by atoms with van der Waals surface area (Å²) >= 11 is 3.35. The zero-order valence-electron chi connectivity index (χ0n) is 10.4. The van der Waals surface area contributed by atoms with Gasteiger partial charge in [0.15, 0.2) is 0 Å². The maximum atomic E-state index is 13.0. The van der Waals surface area contributed by atoms with Crippen LogP contribution >= 0.6 is 15.9 Å². The molecule has 1 aliphatic carbocycles. The molecule has 0 bridgehead atoms. The van der Waals surface area contributed by atoms with Crippen molar-refractivity contribution in [2.24, 2.45) is 0 Å². The molecule has 1 aromatic carbocycles. The molecule has 0 atom stereocenters. The van der Waals surface area contributed by atoms with Crippen molar-refractivity contribution < 1.29 is 9.13 Å². The van der Waals surface area contributed by atoms with Gasteiger partial charge in [0.05, 0.1) is 4.47 Å². The molecule has 1 saturated carbocycles. The first kappa shape index (κ1) is 13.8. The van der Waals surface area contributed by atoms with Crippen LogP contribution in [0.2, 0.25) is 0 Å². The third-order valence-electron chi connectivity index (χ3n) is 3.29. The van der Waals surface area contributed by atoms with E-state index in [1.165, 1.54) is 44.2 Å². The van der Waals surface area contributed by atoms with E-state index in [2.05, 4.69) is 21.2 Å². The summed E-state index contributed by atoms with van der Waals surface area (Å²) in [7, 11) is 0. The highest BCUT2D eigenvalue weighted by molar-refractivity contribution is 9.10. The molecule has 2 rings (SSSR count). The van der Waals surface area contributed by atoms with Gasteiger partial charge in [-0.15, -0.1) is 0 Å². The van der Waals surface area contributed by atoms with Crippen LogP contribution in [0.4, 0.5) is 4.39 Å². The van der Waals surface area contributed by atoms with Crippen molar-refractivity contribution in [1.29, 1.82) is 0 Å². The molecular formula is C14H19BrFNO. The van der Waals surface area contributed by atoms with Gasteiger partial charge < -0.3 is 10.1 Å². The molecule has 1 N–H and O–H groups in total. The van der Waals surface area contributed by atoms with E-state index in [1.807, 2.05) is 0 Å². The predicted octanol–water partition coefficient (Wildman–Crippen LogP) is 3.89. The Morgan fingerprint density at radius 2 is 2.06 bits per heavy atom. The number of benzene rings is 1. The quantitative estimate of drug-likeness (QED) is 0.832. The zero-order chi connectivity index (χ0) is 12.8. The Bertz CT molecular complexity index is 380. The first-order valence-corrected chi connectivity index (χ1v) is 7.36. The van der Waals surface area contributed by atoms with E-state index in [0.717, 1.165) is 11.0 Å². The standard InChI is InChI=1S/C14H19BrFNO/c15-13-7-6-11(16)10-14(13)18-9-8-17-12-4-2-1-3-5-12/h6-7,10,12,17H,1-5,8-9H2. The van der Waals surface area contributed by atoms with E-state index < -0.39 is 0 Å². The number of rotatable bonds is 5. The second-order valence-electron chi connectivity index (χ2n) is 4.71. The van der Waals surface area contributed by atoms with Crippen molar-refractivity contribution in [2.75, 3.05) is 13.2 Å². The van der Waals surface area contributed by atoms with Gasteiger partial charge in [0.2, 0.25) is 0 Å². The molecule has 18 heavy (non-hydrogen) atoms. The Morgan fingerprint density at radius 1 is 1.28 bits per heavy atom. The summed E-state index contributed by atoms with van der Waals surface area (Å²) < 4.78 is 19.4. The summed E-state index contributed by atoms with van der Waals surface area (Å²) in [6.45, 7) is 1.38. The van der Waals surface area contributed by atoms with Gasteiger partial charge >= 0.3 is 0 Å². The second kappa shape index (κ2) is 7.10. The summed E-state index contributed by atoms with van der Waals surface area (Å²) in [6, 6.07) is 5.12. The molecule has 0 spiro atoms. The lowest BCUT2D eigenvalue weighted by molar-refractivity contribution is 0.287. The topological polar surface area (TPSA) is 21.3 Å². The summed E-state index contributed by atoms with van der Waals surface area (Å²) in [5.41, 5.74) is 0. The van der Waals surface area contributed by atoms with E-state index in [-0.39, 0.29) is 5.82 Å². The molecule has 4 heteroatoms. The lowest BCUT2D eigenvalue weighted by Crippen LogP contribution is -2.34. The van der Waals surface area contributed by atoms with Gasteiger partial charge in [0.1, 0.15) is 18.2 Å². The highest BCUT2D eigenvalue weighted by Gasteiger charge is 2.12. The normalized spacial score (nSPS) is 16.8. The van der Waals surface area contributed by atoms with Crippen LogP contribution < -0.4 is 10.1 Å². The van der Waals surface area contributed by atoms with Gasteiger partial charge in [-0.3, -0.25) is 0 Å². The average Bonchev–Trinajstić information content (AvgIpc) is 2.40. The molecule has 0 heterocycles. The molecule has 100 valence electrons. The first-order chi connectivity index (χ1) is 8.75. The average molecular weight is 316 g/mol. The number of ether oxygens (including phenoxy) is 1. The first-order valence-electron chi connectivity index (χ1n) is 6.57. The maximum Gasteiger partial charge on any atom is 0.136 e. The Labute approximate surface area is 116 Å². The Hall–Kier alpha value is -0.610. The lowest BCUT2D eigenvalue weighted by Gasteiger charge is -2.22. The minimum absolute atomic E-state index is 0.270. The van der Waals surface area contributed by atoms with Gasteiger partial charge in [-0.25, -0.2) is 4.39 Å². The Morgan fingerprint density at radius 3 is 2.83 bits per heavy atom. The van der Waals surface area contributed by atoms with Crippen LogP contribution in [0, 0.1) is 5.82 Å². The van der Waals surface area contributed by atoms with Gasteiger partial charge in [-0.05, 0) is 40.9 Å². The summed E-state index contributed by atoms with van der Waals surface area (Å²) in [4.78, 5) is 0. The third kappa shape index (κ3) is 4.25. The fourth-order valence-corrected chi connectivity index (χ4v) is 2.68. The molecule has 2 nitrogen and oxygen atoms in total. The summed E-state index contributed by atoms with van der Waals surface area (Å²) in [6.07, 6.45) is 6.56. The molecule has 1 aromatic rings. The van der Waals surface area contributed by atoms with Crippen molar-refractivity contribution >= 4 is 15.9 Å². The molecule has 1 fully saturated rings. The smallest absolute Gasteiger partial charge is 0.136 e. The zero-order valence-corrected chi connectivity index (χ0v) is 12.0. The summed E-state index contributed by atoms with van der Waals surface area (Å²) in [5, 5.41) is 3.49. The molecule has 0 unspecified atom stereocenters. The number of nitrogens with one attached hydrogen (secondary N) is 1. The minimum atomic E-state index is -0.270. The van der Waals surface area contributed by atoms with Crippen molar-refractivity contribution in [3.63, 3.8) is 0 Å². The fourth-order valence-electron chi connectivity index (χ4n) is 2.32. The van der Waals surface area contributed by atoms with Crippen molar-refractivity contribution in [1.82, 2.24) is 5.32 Å². The largest absolute Gasteiger partial charge is 0.491 e. The SMILES string of the molecule is Fc1ccc(Br)c(OCCNC2CCCCC2)c1. The van der Waals surface area contributed by atoms with Gasteiger partial charge in [-0.2, -0.15) is 0 Å². The fraction of sp³-hybridized carbons (Fsp3) is 0.571. The number of hydrogen-bond donors (Lipinski definition) is 1. The molecule has 0 radical (unpaired) electrons. The van der Waals surface area contributed by atoms with E-state index in [0.29, 0.717) is 18.4 Å². The Balaban J connectivity index is 1.69. The van der Waals surface area contributed by atoms with Crippen LogP contribution in [0.25, 0.3) is 0 Å². The van der Waals surface area contributed by atoms with Crippen molar-refractivity contribution in [2.45, 2.75) is 38.1 Å². The Kier molecular flexibility index (Phi) is 5.45. The minimum Gasteiger partial charge on any atom is -0.491 e. The van der Waals surface area contributed by atoms with Crippen molar-refractivity contribution in [3.05, 3.63) is 28.5 Å². The van der Waals surface area contributed by atoms with Crippen LogP contribution in [-0.2, 0) is 0 Å². The van der Waals surface area contributed by atoms with Crippen LogP contribution in [0.1, 0.15) is 32.1 Å². The maximum absolute atomic E-state index is 13.0. The van der Waals surface area contributed by atoms with E-state index >= 15 is 0 Å². The highest BCUT2D eigenvalue weighted by Crippen LogP contribution is 2.25. The molecule has 1 aliphatic rings. The molecule has 0 amide bonds. The molecule has 0 saturated heterocycles. The third-order valence-corrected chi connectivity index (χ3v) is 3.95. The van der Waals surface area contributed by atoms with Crippen LogP contribution in [-0.4, -0.2) is 19.2 Å². The molecule has 0 aliphatic heterocycles. The van der Waals surface area contributed by atoms with Gasteiger partial charge in [0, 0.05) is 18.7 Å². The van der Waals surface area contributed by atoms with Gasteiger partial charge in [-0.1, -0.05) is 19.3 Å². The van der Waals surface area contributed by atoms with E-state index in [4.69, 9.17) is 4.74 Å². The van der Waals surface area contributed by atoms with E-state index in [9.17, 15) is 4.39 Å². The number of hydrogen-bond acceptors (Lipinski definition) is 2. The van der Waals surface area contributed by atoms with E-state index in [1.54, 1.807) is 6.07 Å². The highest BCUT2D eigenvalue weighted by atomic mass is 79.9. The molecule has 0 aromatic heterocycles. The molecular weight excluding hydrogens is 297 g/mol. The lowest BCUT2D eigenvalue weighted by atomic mass is 9.96. The van der Waals surface area contributed by atoms with Gasteiger partial charge in [0.25, 0.3) is 0 Å². The summed E-state index contributed by atoms with van der Waals surface area (Å²) in [5.74, 6) is 0.300. The number of halogens is 2. The van der Waals surface area contributed by atoms with Crippen LogP contribution in [0.3, 0.4) is 0 Å². The second-order valence-corrected chi connectivity index (χ2v) is 5.57. The van der Waals surface area contributed by atoms with Crippen molar-refractivity contribution in [3.8, 4) is 5.75 Å². The van der Waals surface area contributed by atoms with Crippen LogP contribution in [0.15, 0.2) is 22.7 Å². The predicted molar refractivity (Wildman–Crippen MR) is 74.5 cm³/mol. The monoisotopic (exact) mass is 315 g/mol. The van der Waals surface area contributed by atoms with Crippen LogP contribution in [0.5, 0.6) is 5.75 Å².